The molecule has 0 spiro atoms. The lowest BCUT2D eigenvalue weighted by molar-refractivity contribution is -0.155. The molecule has 0 radical (unpaired) electrons. The fraction of sp³-hybridized carbons (Fsp3) is 0.636. The van der Waals surface area contributed by atoms with Gasteiger partial charge in [0, 0.05) is 25.5 Å². The minimum atomic E-state index is -0.324. The number of hydrogen-bond donors (Lipinski definition) is 1. The zero-order chi connectivity index (χ0) is 11.7. The summed E-state index contributed by atoms with van der Waals surface area (Å²) in [5, 5.41) is 9.00. The minimum Gasteiger partial charge on any atom is -0.446 e. The molecular weight excluding hydrogens is 210 g/mol. The first-order valence-corrected chi connectivity index (χ1v) is 5.40. The van der Waals surface area contributed by atoms with Crippen molar-refractivity contribution in [2.24, 2.45) is 0 Å². The van der Waals surface area contributed by atoms with E-state index in [-0.39, 0.29) is 30.6 Å². The number of ether oxygens (including phenoxy) is 1. The second-order valence-corrected chi connectivity index (χ2v) is 4.11. The fourth-order valence-electron chi connectivity index (χ4n) is 2.35. The molecule has 0 aromatic heterocycles. The van der Waals surface area contributed by atoms with Crippen LogP contribution in [0, 0.1) is 0 Å². The molecule has 0 aromatic rings. The van der Waals surface area contributed by atoms with Gasteiger partial charge in [0.15, 0.2) is 12.0 Å². The van der Waals surface area contributed by atoms with Crippen molar-refractivity contribution >= 4 is 11.8 Å². The van der Waals surface area contributed by atoms with Crippen molar-refractivity contribution in [2.45, 2.75) is 32.0 Å². The maximum absolute atomic E-state index is 11.9. The highest BCUT2D eigenvalue weighted by Crippen LogP contribution is 2.30. The van der Waals surface area contributed by atoms with Crippen LogP contribution in [-0.2, 0) is 14.3 Å². The lowest BCUT2D eigenvalue weighted by Crippen LogP contribution is -2.46. The number of carbonyl (C=O) groups excluding carboxylic acids is 2. The number of aliphatic hydroxyl groups excluding tert-OH is 1. The van der Waals surface area contributed by atoms with Crippen molar-refractivity contribution in [3.63, 3.8) is 0 Å². The van der Waals surface area contributed by atoms with Crippen molar-refractivity contribution in [3.8, 4) is 0 Å². The van der Waals surface area contributed by atoms with Crippen molar-refractivity contribution in [1.82, 2.24) is 4.90 Å². The predicted octanol–water partition coefficient (Wildman–Crippen LogP) is -0.159. The lowest BCUT2D eigenvalue weighted by Gasteiger charge is -2.31. The molecule has 1 N–H and O–H groups in total. The van der Waals surface area contributed by atoms with Crippen LogP contribution in [0.15, 0.2) is 11.6 Å². The number of ketones is 1. The molecule has 5 nitrogen and oxygen atoms in total. The van der Waals surface area contributed by atoms with Gasteiger partial charge in [0.05, 0.1) is 12.6 Å². The monoisotopic (exact) mass is 225 g/mol. The molecule has 0 amide bonds. The highest BCUT2D eigenvalue weighted by Gasteiger charge is 2.41. The summed E-state index contributed by atoms with van der Waals surface area (Å²) in [5.74, 6) is -0.363. The average Bonchev–Trinajstić information content (AvgIpc) is 2.62. The topological polar surface area (TPSA) is 66.8 Å². The van der Waals surface area contributed by atoms with Crippen LogP contribution in [0.1, 0.15) is 19.8 Å². The molecule has 0 saturated carbocycles. The third kappa shape index (κ3) is 1.88. The first kappa shape index (κ1) is 11.3. The molecule has 2 aliphatic heterocycles. The number of aliphatic hydroxyl groups is 1. The Morgan fingerprint density at radius 1 is 1.62 bits per heavy atom. The molecule has 2 unspecified atom stereocenters. The normalized spacial score (nSPS) is 29.9. The van der Waals surface area contributed by atoms with Crippen molar-refractivity contribution in [3.05, 3.63) is 11.6 Å². The third-order valence-corrected chi connectivity index (χ3v) is 3.10. The Kier molecular flexibility index (Phi) is 3.07. The SMILES string of the molecule is CC(=O)OC1CCC2C(=O)C(CO)=CCN12. The van der Waals surface area contributed by atoms with Crippen molar-refractivity contribution in [1.29, 1.82) is 0 Å². The number of esters is 1. The van der Waals surface area contributed by atoms with Gasteiger partial charge in [-0.2, -0.15) is 0 Å². The van der Waals surface area contributed by atoms with Crippen LogP contribution < -0.4 is 0 Å². The molecule has 2 aliphatic rings. The van der Waals surface area contributed by atoms with Crippen LogP contribution in [0.2, 0.25) is 0 Å². The van der Waals surface area contributed by atoms with Gasteiger partial charge in [-0.25, -0.2) is 0 Å². The maximum Gasteiger partial charge on any atom is 0.304 e. The quantitative estimate of drug-likeness (QED) is 0.661. The van der Waals surface area contributed by atoms with Crippen LogP contribution in [0.3, 0.4) is 0 Å². The van der Waals surface area contributed by atoms with E-state index in [1.54, 1.807) is 6.08 Å². The number of Topliss-reactive ketones (excluding diaryl/α,β-unsaturated/α-hetero) is 1. The molecule has 5 heteroatoms. The second-order valence-electron chi connectivity index (χ2n) is 4.11. The molecule has 2 rings (SSSR count). The van der Waals surface area contributed by atoms with Gasteiger partial charge in [0.25, 0.3) is 0 Å². The maximum atomic E-state index is 11.9. The van der Waals surface area contributed by atoms with Gasteiger partial charge in [-0.3, -0.25) is 14.5 Å². The largest absolute Gasteiger partial charge is 0.446 e. The van der Waals surface area contributed by atoms with E-state index in [2.05, 4.69) is 0 Å². The van der Waals surface area contributed by atoms with Crippen LogP contribution >= 0.6 is 0 Å². The molecule has 0 aromatic carbocycles. The molecular formula is C11H15NO4. The zero-order valence-corrected chi connectivity index (χ0v) is 9.18. The summed E-state index contributed by atoms with van der Waals surface area (Å²) in [6.45, 7) is 1.72. The van der Waals surface area contributed by atoms with E-state index in [4.69, 9.17) is 9.84 Å². The van der Waals surface area contributed by atoms with Gasteiger partial charge in [-0.15, -0.1) is 0 Å². The molecule has 1 fully saturated rings. The van der Waals surface area contributed by atoms with Gasteiger partial charge in [0.1, 0.15) is 0 Å². The Morgan fingerprint density at radius 3 is 3.00 bits per heavy atom. The van der Waals surface area contributed by atoms with Gasteiger partial charge in [-0.1, -0.05) is 6.08 Å². The zero-order valence-electron chi connectivity index (χ0n) is 9.18. The lowest BCUT2D eigenvalue weighted by atomic mass is 9.99. The van der Waals surface area contributed by atoms with E-state index in [9.17, 15) is 9.59 Å². The van der Waals surface area contributed by atoms with Crippen molar-refractivity contribution < 1.29 is 19.4 Å². The smallest absolute Gasteiger partial charge is 0.304 e. The Bertz CT molecular complexity index is 350. The number of carbonyl (C=O) groups is 2. The predicted molar refractivity (Wildman–Crippen MR) is 55.5 cm³/mol. The third-order valence-electron chi connectivity index (χ3n) is 3.10. The highest BCUT2D eigenvalue weighted by atomic mass is 16.6. The summed E-state index contributed by atoms with van der Waals surface area (Å²) >= 11 is 0. The fourth-order valence-corrected chi connectivity index (χ4v) is 2.35. The second kappa shape index (κ2) is 4.35. The summed E-state index contributed by atoms with van der Waals surface area (Å²) in [6.07, 6.45) is 2.79. The van der Waals surface area contributed by atoms with Crippen LogP contribution in [-0.4, -0.2) is 47.2 Å². The van der Waals surface area contributed by atoms with Gasteiger partial charge >= 0.3 is 5.97 Å². The van der Waals surface area contributed by atoms with Gasteiger partial charge in [-0.05, 0) is 6.42 Å². The molecule has 16 heavy (non-hydrogen) atoms. The van der Waals surface area contributed by atoms with Gasteiger partial charge in [0.2, 0.25) is 0 Å². The number of rotatable bonds is 2. The van der Waals surface area contributed by atoms with Crippen LogP contribution in [0.4, 0.5) is 0 Å². The molecule has 1 saturated heterocycles. The Hall–Kier alpha value is -1.20. The van der Waals surface area contributed by atoms with Crippen molar-refractivity contribution in [2.75, 3.05) is 13.2 Å². The Balaban J connectivity index is 2.11. The molecule has 0 bridgehead atoms. The molecule has 2 heterocycles. The average molecular weight is 225 g/mol. The number of nitrogens with zero attached hydrogens (tertiary/aromatic N) is 1. The van der Waals surface area contributed by atoms with Crippen LogP contribution in [0.25, 0.3) is 0 Å². The summed E-state index contributed by atoms with van der Waals surface area (Å²) < 4.78 is 5.14. The first-order valence-electron chi connectivity index (χ1n) is 5.40. The highest BCUT2D eigenvalue weighted by molar-refractivity contribution is 6.00. The first-order chi connectivity index (χ1) is 7.63. The van der Waals surface area contributed by atoms with E-state index in [0.717, 1.165) is 0 Å². The molecule has 0 aliphatic carbocycles. The van der Waals surface area contributed by atoms with E-state index in [1.165, 1.54) is 6.92 Å². The molecule has 2 atom stereocenters. The standard InChI is InChI=1S/C11H15NO4/c1-7(14)16-10-3-2-9-11(15)8(6-13)4-5-12(9)10/h4,9-10,13H,2-3,5-6H2,1H3. The number of fused-ring (bicyclic) bond motifs is 1. The summed E-state index contributed by atoms with van der Waals surface area (Å²) in [6, 6.07) is -0.225. The Labute approximate surface area is 93.7 Å². The summed E-state index contributed by atoms with van der Waals surface area (Å²) in [4.78, 5) is 24.6. The Morgan fingerprint density at radius 2 is 2.38 bits per heavy atom. The number of hydrogen-bond acceptors (Lipinski definition) is 5. The molecule has 88 valence electrons. The van der Waals surface area contributed by atoms with E-state index in [1.807, 2.05) is 4.90 Å². The van der Waals surface area contributed by atoms with E-state index in [0.29, 0.717) is 25.0 Å². The summed E-state index contributed by atoms with van der Waals surface area (Å²) in [7, 11) is 0. The minimum absolute atomic E-state index is 0.0385. The van der Waals surface area contributed by atoms with E-state index >= 15 is 0 Å². The summed E-state index contributed by atoms with van der Waals surface area (Å²) in [5.41, 5.74) is 0.477. The van der Waals surface area contributed by atoms with Crippen LogP contribution in [0.5, 0.6) is 0 Å². The van der Waals surface area contributed by atoms with E-state index < -0.39 is 0 Å². The van der Waals surface area contributed by atoms with Gasteiger partial charge < -0.3 is 9.84 Å².